The lowest BCUT2D eigenvalue weighted by molar-refractivity contribution is 0.0441. The van der Waals surface area contributed by atoms with Gasteiger partial charge in [0.25, 0.3) is 0 Å². The minimum Gasteiger partial charge on any atom is -0.392 e. The molecule has 0 saturated carbocycles. The highest BCUT2D eigenvalue weighted by Gasteiger charge is 2.30. The van der Waals surface area contributed by atoms with Gasteiger partial charge in [-0.3, -0.25) is 0 Å². The third-order valence-electron chi connectivity index (χ3n) is 3.66. The Morgan fingerprint density at radius 1 is 1.29 bits per heavy atom. The largest absolute Gasteiger partial charge is 0.392 e. The normalized spacial score (nSPS) is 26.1. The van der Waals surface area contributed by atoms with E-state index in [9.17, 15) is 5.11 Å². The van der Waals surface area contributed by atoms with E-state index in [-0.39, 0.29) is 18.1 Å². The Hall–Kier alpha value is -0.860. The number of hydrogen-bond acceptors (Lipinski definition) is 2. The van der Waals surface area contributed by atoms with Crippen LogP contribution in [0, 0.1) is 19.8 Å². The molecule has 0 radical (unpaired) electrons. The Morgan fingerprint density at radius 2 is 1.94 bits per heavy atom. The van der Waals surface area contributed by atoms with Gasteiger partial charge in [-0.15, -0.1) is 0 Å². The van der Waals surface area contributed by atoms with Crippen LogP contribution in [0.15, 0.2) is 18.2 Å². The molecule has 94 valence electrons. The molecule has 1 fully saturated rings. The highest BCUT2D eigenvalue weighted by atomic mass is 16.5. The van der Waals surface area contributed by atoms with E-state index in [4.69, 9.17) is 4.74 Å². The van der Waals surface area contributed by atoms with Crippen molar-refractivity contribution in [3.05, 3.63) is 34.9 Å². The molecule has 2 nitrogen and oxygen atoms in total. The first-order valence-electron chi connectivity index (χ1n) is 6.43. The van der Waals surface area contributed by atoms with Crippen LogP contribution in [-0.2, 0) is 11.2 Å². The third kappa shape index (κ3) is 3.08. The van der Waals surface area contributed by atoms with Gasteiger partial charge < -0.3 is 9.84 Å². The Balaban J connectivity index is 2.04. The summed E-state index contributed by atoms with van der Waals surface area (Å²) in [5.41, 5.74) is 3.76. The molecule has 0 spiro atoms. The van der Waals surface area contributed by atoms with Crippen LogP contribution < -0.4 is 0 Å². The number of aliphatic hydroxyl groups excluding tert-OH is 1. The molecule has 2 heteroatoms. The second-order valence-corrected chi connectivity index (χ2v) is 5.30. The maximum atomic E-state index is 10.3. The standard InChI is InChI=1S/C15H22O2/c1-10-6-11(2)8-13(7-10)9-15(16)14-4-5-17-12(14)3/h6-8,12,14-16H,4-5,9H2,1-3H3. The first-order chi connectivity index (χ1) is 8.06. The molecule has 17 heavy (non-hydrogen) atoms. The number of ether oxygens (including phenoxy) is 1. The molecule has 1 saturated heterocycles. The molecule has 1 aromatic rings. The van der Waals surface area contributed by atoms with Crippen LogP contribution >= 0.6 is 0 Å². The lowest BCUT2D eigenvalue weighted by Gasteiger charge is -2.21. The highest BCUT2D eigenvalue weighted by molar-refractivity contribution is 5.29. The number of rotatable bonds is 3. The van der Waals surface area contributed by atoms with Gasteiger partial charge in [-0.25, -0.2) is 0 Å². The van der Waals surface area contributed by atoms with Crippen molar-refractivity contribution < 1.29 is 9.84 Å². The molecule has 1 aliphatic heterocycles. The van der Waals surface area contributed by atoms with Crippen molar-refractivity contribution in [2.24, 2.45) is 5.92 Å². The van der Waals surface area contributed by atoms with Crippen molar-refractivity contribution in [1.29, 1.82) is 0 Å². The van der Waals surface area contributed by atoms with Crippen molar-refractivity contribution in [3.63, 3.8) is 0 Å². The van der Waals surface area contributed by atoms with E-state index >= 15 is 0 Å². The summed E-state index contributed by atoms with van der Waals surface area (Å²) in [6, 6.07) is 6.49. The zero-order valence-electron chi connectivity index (χ0n) is 10.9. The average molecular weight is 234 g/mol. The van der Waals surface area contributed by atoms with Crippen molar-refractivity contribution in [2.45, 2.75) is 45.8 Å². The van der Waals surface area contributed by atoms with Gasteiger partial charge in [0.05, 0.1) is 12.2 Å². The Labute approximate surface area is 104 Å². The SMILES string of the molecule is Cc1cc(C)cc(CC(O)C2CCOC2C)c1. The van der Waals surface area contributed by atoms with Gasteiger partial charge in [-0.1, -0.05) is 29.3 Å². The van der Waals surface area contributed by atoms with E-state index in [1.54, 1.807) is 0 Å². The lowest BCUT2D eigenvalue weighted by Crippen LogP contribution is -2.28. The summed E-state index contributed by atoms with van der Waals surface area (Å²) < 4.78 is 5.51. The van der Waals surface area contributed by atoms with E-state index < -0.39 is 0 Å². The molecule has 0 aliphatic carbocycles. The molecule has 1 N–H and O–H groups in total. The molecular weight excluding hydrogens is 212 g/mol. The van der Waals surface area contributed by atoms with Gasteiger partial charge in [-0.05, 0) is 39.2 Å². The summed E-state index contributed by atoms with van der Waals surface area (Å²) in [5, 5.41) is 10.3. The van der Waals surface area contributed by atoms with Crippen molar-refractivity contribution in [2.75, 3.05) is 6.61 Å². The monoisotopic (exact) mass is 234 g/mol. The van der Waals surface area contributed by atoms with Crippen molar-refractivity contribution in [1.82, 2.24) is 0 Å². The molecular formula is C15H22O2. The van der Waals surface area contributed by atoms with Crippen LogP contribution in [0.4, 0.5) is 0 Å². The Morgan fingerprint density at radius 3 is 2.47 bits per heavy atom. The van der Waals surface area contributed by atoms with Crippen LogP contribution in [0.2, 0.25) is 0 Å². The molecule has 0 amide bonds. The smallest absolute Gasteiger partial charge is 0.0634 e. The predicted molar refractivity (Wildman–Crippen MR) is 69.1 cm³/mol. The Kier molecular flexibility index (Phi) is 3.85. The first-order valence-corrected chi connectivity index (χ1v) is 6.43. The zero-order chi connectivity index (χ0) is 12.4. The van der Waals surface area contributed by atoms with Crippen molar-refractivity contribution >= 4 is 0 Å². The summed E-state index contributed by atoms with van der Waals surface area (Å²) >= 11 is 0. The second kappa shape index (κ2) is 5.19. The topological polar surface area (TPSA) is 29.5 Å². The summed E-state index contributed by atoms with van der Waals surface area (Å²) in [6.45, 7) is 7.05. The summed E-state index contributed by atoms with van der Waals surface area (Å²) in [4.78, 5) is 0. The molecule has 0 aromatic heterocycles. The number of benzene rings is 1. The summed E-state index contributed by atoms with van der Waals surface area (Å²) in [7, 11) is 0. The molecule has 1 aliphatic rings. The maximum Gasteiger partial charge on any atom is 0.0634 e. The molecule has 3 unspecified atom stereocenters. The van der Waals surface area contributed by atoms with E-state index in [0.717, 1.165) is 19.4 Å². The van der Waals surface area contributed by atoms with E-state index in [1.165, 1.54) is 16.7 Å². The van der Waals surface area contributed by atoms with Gasteiger partial charge in [0.1, 0.15) is 0 Å². The number of aryl methyl sites for hydroxylation is 2. The Bertz CT molecular complexity index is 366. The fraction of sp³-hybridized carbons (Fsp3) is 0.600. The predicted octanol–water partition coefficient (Wildman–Crippen LogP) is 2.63. The molecule has 0 bridgehead atoms. The molecule has 3 atom stereocenters. The van der Waals surface area contributed by atoms with Gasteiger partial charge in [-0.2, -0.15) is 0 Å². The highest BCUT2D eigenvalue weighted by Crippen LogP contribution is 2.26. The van der Waals surface area contributed by atoms with Gasteiger partial charge in [0.2, 0.25) is 0 Å². The lowest BCUT2D eigenvalue weighted by atomic mass is 9.90. The van der Waals surface area contributed by atoms with E-state index in [2.05, 4.69) is 39.0 Å². The van der Waals surface area contributed by atoms with Crippen molar-refractivity contribution in [3.8, 4) is 0 Å². The van der Waals surface area contributed by atoms with Crippen LogP contribution in [-0.4, -0.2) is 23.9 Å². The molecule has 1 aromatic carbocycles. The van der Waals surface area contributed by atoms with Gasteiger partial charge in [0, 0.05) is 12.5 Å². The van der Waals surface area contributed by atoms with E-state index in [0.29, 0.717) is 0 Å². The minimum atomic E-state index is -0.284. The zero-order valence-corrected chi connectivity index (χ0v) is 10.9. The third-order valence-corrected chi connectivity index (χ3v) is 3.66. The quantitative estimate of drug-likeness (QED) is 0.871. The maximum absolute atomic E-state index is 10.3. The van der Waals surface area contributed by atoms with E-state index in [1.807, 2.05) is 0 Å². The molecule has 1 heterocycles. The molecule has 2 rings (SSSR count). The second-order valence-electron chi connectivity index (χ2n) is 5.30. The van der Waals surface area contributed by atoms with Crippen LogP contribution in [0.25, 0.3) is 0 Å². The van der Waals surface area contributed by atoms with Crippen LogP contribution in [0.3, 0.4) is 0 Å². The number of hydrogen-bond donors (Lipinski definition) is 1. The van der Waals surface area contributed by atoms with Gasteiger partial charge >= 0.3 is 0 Å². The minimum absolute atomic E-state index is 0.191. The average Bonchev–Trinajstić information content (AvgIpc) is 2.62. The summed E-state index contributed by atoms with van der Waals surface area (Å²) in [6.07, 6.45) is 1.62. The number of aliphatic hydroxyl groups is 1. The fourth-order valence-corrected chi connectivity index (χ4v) is 2.83. The van der Waals surface area contributed by atoms with Crippen LogP contribution in [0.5, 0.6) is 0 Å². The van der Waals surface area contributed by atoms with Crippen LogP contribution in [0.1, 0.15) is 30.0 Å². The summed E-state index contributed by atoms with van der Waals surface area (Å²) in [5.74, 6) is 0.288. The first kappa shape index (κ1) is 12.6. The van der Waals surface area contributed by atoms with Gasteiger partial charge in [0.15, 0.2) is 0 Å². The fourth-order valence-electron chi connectivity index (χ4n) is 2.83.